The van der Waals surface area contributed by atoms with Crippen molar-refractivity contribution in [3.05, 3.63) is 17.7 Å². The summed E-state index contributed by atoms with van der Waals surface area (Å²) in [5, 5.41) is 0. The quantitative estimate of drug-likeness (QED) is 0.411. The van der Waals surface area contributed by atoms with Gasteiger partial charge in [0.15, 0.2) is 0 Å². The molecule has 2 rings (SSSR count). The molecule has 58 valence electrons. The third-order valence-corrected chi connectivity index (χ3v) is 2.58. The first-order valence-corrected chi connectivity index (χ1v) is 3.83. The van der Waals surface area contributed by atoms with Crippen molar-refractivity contribution in [2.75, 3.05) is 7.11 Å². The maximum Gasteiger partial charge on any atom is 0.126 e. The first-order chi connectivity index (χ1) is 5.36. The maximum absolute atomic E-state index is 10.5. The lowest BCUT2D eigenvalue weighted by atomic mass is 9.99. The van der Waals surface area contributed by atoms with Crippen LogP contribution in [0.2, 0.25) is 0 Å². The Kier molecular flexibility index (Phi) is 1.45. The van der Waals surface area contributed by atoms with Crippen LogP contribution < -0.4 is 0 Å². The molecule has 0 aromatic carbocycles. The highest BCUT2D eigenvalue weighted by Gasteiger charge is 2.41. The number of fused-ring (bicyclic) bond motifs is 2. The van der Waals surface area contributed by atoms with Crippen molar-refractivity contribution >= 4 is 5.94 Å². The summed E-state index contributed by atoms with van der Waals surface area (Å²) in [4.78, 5) is 10.5. The summed E-state index contributed by atoms with van der Waals surface area (Å²) in [5.74, 6) is 2.74. The molecule has 2 heteroatoms. The zero-order valence-electron chi connectivity index (χ0n) is 6.41. The summed E-state index contributed by atoms with van der Waals surface area (Å²) in [6, 6.07) is 0. The van der Waals surface area contributed by atoms with Crippen LogP contribution in [0.5, 0.6) is 0 Å². The first kappa shape index (κ1) is 6.84. The van der Waals surface area contributed by atoms with E-state index in [9.17, 15) is 4.79 Å². The second-order valence-electron chi connectivity index (χ2n) is 3.10. The molecule has 0 aromatic heterocycles. The Morgan fingerprint density at radius 3 is 3.00 bits per heavy atom. The molecule has 0 saturated heterocycles. The van der Waals surface area contributed by atoms with E-state index in [1.807, 2.05) is 5.94 Å². The van der Waals surface area contributed by atoms with Crippen molar-refractivity contribution in [1.29, 1.82) is 0 Å². The average Bonchev–Trinajstić information content (AvgIpc) is 2.60. The summed E-state index contributed by atoms with van der Waals surface area (Å²) in [7, 11) is 1.65. The van der Waals surface area contributed by atoms with Crippen LogP contribution in [-0.2, 0) is 9.53 Å². The highest BCUT2D eigenvalue weighted by molar-refractivity contribution is 5.59. The van der Waals surface area contributed by atoms with Crippen molar-refractivity contribution in [2.24, 2.45) is 11.8 Å². The standard InChI is InChI=1S/C9H10O2/c1-11-9-7-3-2-6(4-7)8(9)5-10/h2-3,6-7,9H,4H2,1H3. The van der Waals surface area contributed by atoms with Gasteiger partial charge in [0.1, 0.15) is 5.94 Å². The van der Waals surface area contributed by atoms with Gasteiger partial charge in [0.05, 0.1) is 6.10 Å². The summed E-state index contributed by atoms with van der Waals surface area (Å²) < 4.78 is 5.20. The van der Waals surface area contributed by atoms with Gasteiger partial charge in [0.25, 0.3) is 0 Å². The van der Waals surface area contributed by atoms with Crippen LogP contribution in [0, 0.1) is 11.8 Å². The van der Waals surface area contributed by atoms with E-state index in [1.165, 1.54) is 0 Å². The molecule has 3 atom stereocenters. The lowest BCUT2D eigenvalue weighted by Crippen LogP contribution is -2.19. The molecule has 1 saturated carbocycles. The zero-order chi connectivity index (χ0) is 7.84. The second kappa shape index (κ2) is 2.33. The summed E-state index contributed by atoms with van der Waals surface area (Å²) in [6.45, 7) is 0. The van der Waals surface area contributed by atoms with Gasteiger partial charge in [-0.3, -0.25) is 0 Å². The number of carbonyl (C=O) groups excluding carboxylic acids is 1. The minimum absolute atomic E-state index is 0.0162. The molecule has 11 heavy (non-hydrogen) atoms. The van der Waals surface area contributed by atoms with Crippen LogP contribution in [-0.4, -0.2) is 19.2 Å². The van der Waals surface area contributed by atoms with Gasteiger partial charge in [-0.2, -0.15) is 0 Å². The first-order valence-electron chi connectivity index (χ1n) is 3.83. The predicted molar refractivity (Wildman–Crippen MR) is 40.7 cm³/mol. The molecule has 2 bridgehead atoms. The topological polar surface area (TPSA) is 26.3 Å². The number of hydrogen-bond acceptors (Lipinski definition) is 2. The van der Waals surface area contributed by atoms with E-state index in [1.54, 1.807) is 7.11 Å². The normalized spacial score (nSPS) is 39.7. The minimum Gasteiger partial charge on any atom is -0.376 e. The number of hydrogen-bond donors (Lipinski definition) is 0. The fourth-order valence-corrected chi connectivity index (χ4v) is 2.06. The van der Waals surface area contributed by atoms with Crippen LogP contribution in [0.3, 0.4) is 0 Å². The van der Waals surface area contributed by atoms with Crippen LogP contribution >= 0.6 is 0 Å². The Morgan fingerprint density at radius 2 is 2.45 bits per heavy atom. The Hall–Kier alpha value is -0.850. The minimum atomic E-state index is 0.0162. The third-order valence-electron chi connectivity index (χ3n) is 2.58. The Balaban J connectivity index is 2.36. The highest BCUT2D eigenvalue weighted by atomic mass is 16.5. The second-order valence-corrected chi connectivity index (χ2v) is 3.10. The Morgan fingerprint density at radius 1 is 1.64 bits per heavy atom. The smallest absolute Gasteiger partial charge is 0.126 e. The van der Waals surface area contributed by atoms with Crippen molar-refractivity contribution in [2.45, 2.75) is 12.5 Å². The lowest BCUT2D eigenvalue weighted by molar-refractivity contribution is 0.112. The van der Waals surface area contributed by atoms with E-state index in [4.69, 9.17) is 4.74 Å². The molecule has 0 amide bonds. The van der Waals surface area contributed by atoms with Gasteiger partial charge < -0.3 is 4.74 Å². The fraction of sp³-hybridized carbons (Fsp3) is 0.556. The third kappa shape index (κ3) is 0.802. The van der Waals surface area contributed by atoms with Gasteiger partial charge in [-0.25, -0.2) is 4.79 Å². The molecule has 2 aliphatic carbocycles. The van der Waals surface area contributed by atoms with Crippen molar-refractivity contribution in [3.63, 3.8) is 0 Å². The largest absolute Gasteiger partial charge is 0.376 e. The van der Waals surface area contributed by atoms with Crippen LogP contribution in [0.25, 0.3) is 0 Å². The fourth-order valence-electron chi connectivity index (χ4n) is 2.06. The van der Waals surface area contributed by atoms with E-state index in [2.05, 4.69) is 12.2 Å². The van der Waals surface area contributed by atoms with Gasteiger partial charge >= 0.3 is 0 Å². The molecule has 3 unspecified atom stereocenters. The van der Waals surface area contributed by atoms with Crippen molar-refractivity contribution in [1.82, 2.24) is 0 Å². The molecule has 2 nitrogen and oxygen atoms in total. The lowest BCUT2D eigenvalue weighted by Gasteiger charge is -2.16. The van der Waals surface area contributed by atoms with Gasteiger partial charge in [-0.15, -0.1) is 0 Å². The van der Waals surface area contributed by atoms with Gasteiger partial charge in [0.2, 0.25) is 0 Å². The molecular formula is C9H10O2. The monoisotopic (exact) mass is 150 g/mol. The van der Waals surface area contributed by atoms with Crippen molar-refractivity contribution in [3.8, 4) is 0 Å². The number of methoxy groups -OCH3 is 1. The molecule has 1 fully saturated rings. The Labute approximate surface area is 65.5 Å². The molecule has 2 aliphatic rings. The van der Waals surface area contributed by atoms with E-state index in [0.29, 0.717) is 11.8 Å². The van der Waals surface area contributed by atoms with Crippen LogP contribution in [0.15, 0.2) is 17.7 Å². The van der Waals surface area contributed by atoms with Crippen LogP contribution in [0.4, 0.5) is 0 Å². The number of rotatable bonds is 1. The SMILES string of the molecule is COC1C(=C=O)C2C=CC1C2. The molecule has 0 radical (unpaired) electrons. The van der Waals surface area contributed by atoms with Gasteiger partial charge in [-0.1, -0.05) is 12.2 Å². The van der Waals surface area contributed by atoms with E-state index < -0.39 is 0 Å². The predicted octanol–water partition coefficient (Wildman–Crippen LogP) is 0.965. The molecule has 0 aliphatic heterocycles. The summed E-state index contributed by atoms with van der Waals surface area (Å²) in [6.07, 6.45) is 5.28. The Bertz CT molecular complexity index is 248. The number of allylic oxidation sites excluding steroid dienone is 1. The molecule has 0 spiro atoms. The van der Waals surface area contributed by atoms with E-state index in [-0.39, 0.29) is 6.10 Å². The molecular weight excluding hydrogens is 140 g/mol. The van der Waals surface area contributed by atoms with Crippen molar-refractivity contribution < 1.29 is 9.53 Å². The van der Waals surface area contributed by atoms with E-state index >= 15 is 0 Å². The summed E-state index contributed by atoms with van der Waals surface area (Å²) in [5.41, 5.74) is 0.806. The maximum atomic E-state index is 10.5. The highest BCUT2D eigenvalue weighted by Crippen LogP contribution is 2.43. The van der Waals surface area contributed by atoms with Gasteiger partial charge in [0, 0.05) is 24.5 Å². The molecule has 0 aromatic rings. The molecule has 0 heterocycles. The summed E-state index contributed by atoms with van der Waals surface area (Å²) >= 11 is 0. The van der Waals surface area contributed by atoms with Gasteiger partial charge in [-0.05, 0) is 6.42 Å². The molecule has 0 N–H and O–H groups in total. The zero-order valence-corrected chi connectivity index (χ0v) is 6.41. The van der Waals surface area contributed by atoms with E-state index in [0.717, 1.165) is 12.0 Å². The average molecular weight is 150 g/mol. The number of ether oxygens (including phenoxy) is 1. The van der Waals surface area contributed by atoms with Crippen LogP contribution in [0.1, 0.15) is 6.42 Å².